The number of benzene rings is 2. The third-order valence-corrected chi connectivity index (χ3v) is 2.89. The highest BCUT2D eigenvalue weighted by Gasteiger charge is 2.04. The lowest BCUT2D eigenvalue weighted by Gasteiger charge is -2.06. The third-order valence-electron chi connectivity index (χ3n) is 2.66. The summed E-state index contributed by atoms with van der Waals surface area (Å²) in [6.45, 7) is 0.538. The number of rotatable bonds is 4. The number of nitrogens with one attached hydrogen (secondary N) is 2. The summed E-state index contributed by atoms with van der Waals surface area (Å²) in [5, 5.41) is 6.92. The Balaban J connectivity index is 1.85. The molecule has 0 heterocycles. The second-order valence-electron chi connectivity index (χ2n) is 4.17. The quantitative estimate of drug-likeness (QED) is 0.518. The van der Waals surface area contributed by atoms with Gasteiger partial charge < -0.3 is 5.32 Å². The van der Waals surface area contributed by atoms with Gasteiger partial charge in [-0.3, -0.25) is 5.43 Å². The maximum atomic E-state index is 13.3. The van der Waals surface area contributed by atoms with E-state index in [4.69, 9.17) is 12.2 Å². The molecule has 0 aliphatic heterocycles. The van der Waals surface area contributed by atoms with Crippen molar-refractivity contribution < 1.29 is 8.78 Å². The van der Waals surface area contributed by atoms with Gasteiger partial charge in [-0.25, -0.2) is 8.78 Å². The van der Waals surface area contributed by atoms with Crippen molar-refractivity contribution in [3.05, 3.63) is 71.3 Å². The summed E-state index contributed by atoms with van der Waals surface area (Å²) in [6, 6.07) is 13.3. The monoisotopic (exact) mass is 305 g/mol. The van der Waals surface area contributed by atoms with Gasteiger partial charge in [0.1, 0.15) is 11.6 Å². The van der Waals surface area contributed by atoms with Crippen molar-refractivity contribution in [2.45, 2.75) is 6.54 Å². The fourth-order valence-electron chi connectivity index (χ4n) is 1.61. The van der Waals surface area contributed by atoms with Crippen LogP contribution in [0.4, 0.5) is 8.78 Å². The first kappa shape index (κ1) is 15.1. The predicted molar refractivity (Wildman–Crippen MR) is 83.0 cm³/mol. The molecule has 0 fully saturated rings. The molecule has 0 saturated heterocycles. The Morgan fingerprint density at radius 1 is 1.05 bits per heavy atom. The highest BCUT2D eigenvalue weighted by Crippen LogP contribution is 2.08. The first-order valence-corrected chi connectivity index (χ1v) is 6.62. The number of hydrogen-bond acceptors (Lipinski definition) is 2. The zero-order valence-electron chi connectivity index (χ0n) is 11.0. The Morgan fingerprint density at radius 3 is 2.38 bits per heavy atom. The summed E-state index contributed by atoms with van der Waals surface area (Å²) in [6.07, 6.45) is 1.06. The van der Waals surface area contributed by atoms with Gasteiger partial charge in [-0.05, 0) is 29.9 Å². The Morgan fingerprint density at radius 2 is 1.71 bits per heavy atom. The van der Waals surface area contributed by atoms with E-state index in [0.29, 0.717) is 6.54 Å². The van der Waals surface area contributed by atoms with E-state index < -0.39 is 11.6 Å². The van der Waals surface area contributed by atoms with E-state index in [0.717, 1.165) is 23.9 Å². The summed E-state index contributed by atoms with van der Waals surface area (Å²) in [4.78, 5) is 0. The smallest absolute Gasteiger partial charge is 0.187 e. The molecule has 0 saturated carbocycles. The zero-order chi connectivity index (χ0) is 15.1. The van der Waals surface area contributed by atoms with Gasteiger partial charge in [-0.1, -0.05) is 36.4 Å². The molecule has 2 aromatic carbocycles. The van der Waals surface area contributed by atoms with Crippen LogP contribution >= 0.6 is 12.2 Å². The van der Waals surface area contributed by atoms with E-state index in [1.165, 1.54) is 6.07 Å². The summed E-state index contributed by atoms with van der Waals surface area (Å²) in [5.41, 5.74) is 3.36. The van der Waals surface area contributed by atoms with Crippen molar-refractivity contribution in [1.29, 1.82) is 0 Å². The van der Waals surface area contributed by atoms with Crippen LogP contribution in [0.25, 0.3) is 0 Å². The van der Waals surface area contributed by atoms with Crippen molar-refractivity contribution in [1.82, 2.24) is 10.7 Å². The van der Waals surface area contributed by atoms with Gasteiger partial charge in [-0.15, -0.1) is 0 Å². The molecule has 0 bridgehead atoms. The number of hydrazone groups is 1. The van der Waals surface area contributed by atoms with Crippen LogP contribution in [0.5, 0.6) is 0 Å². The average molecular weight is 305 g/mol. The van der Waals surface area contributed by atoms with Crippen molar-refractivity contribution in [3.8, 4) is 0 Å². The first-order valence-electron chi connectivity index (χ1n) is 6.21. The number of halogens is 2. The molecule has 0 unspecified atom stereocenters. The third kappa shape index (κ3) is 4.61. The average Bonchev–Trinajstić information content (AvgIpc) is 2.49. The molecular formula is C15H13F2N3S. The fourth-order valence-corrected chi connectivity index (χ4v) is 1.73. The Bertz CT molecular complexity index is 624. The number of hydrogen-bond donors (Lipinski definition) is 2. The molecule has 2 N–H and O–H groups in total. The van der Waals surface area contributed by atoms with Crippen LogP contribution < -0.4 is 10.7 Å². The van der Waals surface area contributed by atoms with Crippen molar-refractivity contribution >= 4 is 23.5 Å². The molecule has 2 rings (SSSR count). The molecule has 0 radical (unpaired) electrons. The molecule has 0 amide bonds. The minimum Gasteiger partial charge on any atom is -0.357 e. The van der Waals surface area contributed by atoms with Gasteiger partial charge >= 0.3 is 0 Å². The Labute approximate surface area is 126 Å². The lowest BCUT2D eigenvalue weighted by molar-refractivity contribution is 0.580. The zero-order valence-corrected chi connectivity index (χ0v) is 11.8. The molecule has 0 aliphatic rings. The highest BCUT2D eigenvalue weighted by molar-refractivity contribution is 7.80. The van der Waals surface area contributed by atoms with Gasteiger partial charge in [0.05, 0.1) is 11.8 Å². The minimum atomic E-state index is -0.677. The van der Waals surface area contributed by atoms with E-state index in [1.54, 1.807) is 0 Å². The van der Waals surface area contributed by atoms with Crippen molar-refractivity contribution in [3.63, 3.8) is 0 Å². The standard InChI is InChI=1S/C15H13F2N3S/c16-13-7-4-8-14(17)12(13)10-19-20-15(21)18-9-11-5-2-1-3-6-11/h1-8,10H,9H2,(H2,18,20,21)/b19-10+. The fraction of sp³-hybridized carbons (Fsp3) is 0.0667. The summed E-state index contributed by atoms with van der Waals surface area (Å²) in [7, 11) is 0. The van der Waals surface area contributed by atoms with Gasteiger partial charge in [0.2, 0.25) is 0 Å². The van der Waals surface area contributed by atoms with Crippen molar-refractivity contribution in [2.24, 2.45) is 5.10 Å². The largest absolute Gasteiger partial charge is 0.357 e. The molecule has 3 nitrogen and oxygen atoms in total. The van der Waals surface area contributed by atoms with Gasteiger partial charge in [0.25, 0.3) is 0 Å². The minimum absolute atomic E-state index is 0.212. The highest BCUT2D eigenvalue weighted by atomic mass is 32.1. The molecule has 21 heavy (non-hydrogen) atoms. The van der Waals surface area contributed by atoms with Crippen LogP contribution in [0.1, 0.15) is 11.1 Å². The molecular weight excluding hydrogens is 292 g/mol. The van der Waals surface area contributed by atoms with Crippen LogP contribution in [-0.4, -0.2) is 11.3 Å². The predicted octanol–water partition coefficient (Wildman–Crippen LogP) is 2.96. The summed E-state index contributed by atoms with van der Waals surface area (Å²) < 4.78 is 26.7. The normalized spacial score (nSPS) is 10.6. The molecule has 6 heteroatoms. The number of nitrogens with zero attached hydrogens (tertiary/aromatic N) is 1. The maximum Gasteiger partial charge on any atom is 0.187 e. The second-order valence-corrected chi connectivity index (χ2v) is 4.58. The van der Waals surface area contributed by atoms with E-state index >= 15 is 0 Å². The van der Waals surface area contributed by atoms with Crippen molar-refractivity contribution in [2.75, 3.05) is 0 Å². The molecule has 0 atom stereocenters. The summed E-state index contributed by atoms with van der Waals surface area (Å²) >= 11 is 5.01. The van der Waals surface area contributed by atoms with Gasteiger partial charge in [-0.2, -0.15) is 5.10 Å². The van der Waals surface area contributed by atoms with E-state index in [2.05, 4.69) is 15.8 Å². The van der Waals surface area contributed by atoms with E-state index in [1.807, 2.05) is 30.3 Å². The van der Waals surface area contributed by atoms with E-state index in [9.17, 15) is 8.78 Å². The number of thiocarbonyl (C=S) groups is 1. The lowest BCUT2D eigenvalue weighted by Crippen LogP contribution is -2.31. The van der Waals surface area contributed by atoms with Crippen LogP contribution in [-0.2, 0) is 6.54 Å². The Kier molecular flexibility index (Phi) is 5.34. The van der Waals surface area contributed by atoms with Crippen LogP contribution in [0.3, 0.4) is 0 Å². The van der Waals surface area contributed by atoms with Crippen LogP contribution in [0, 0.1) is 11.6 Å². The van der Waals surface area contributed by atoms with Crippen LogP contribution in [0.15, 0.2) is 53.6 Å². The molecule has 108 valence electrons. The molecule has 0 aliphatic carbocycles. The van der Waals surface area contributed by atoms with E-state index in [-0.39, 0.29) is 10.7 Å². The summed E-state index contributed by atoms with van der Waals surface area (Å²) in [5.74, 6) is -1.35. The molecule has 0 spiro atoms. The Hall–Kier alpha value is -2.34. The van der Waals surface area contributed by atoms with Crippen LogP contribution in [0.2, 0.25) is 0 Å². The first-order chi connectivity index (χ1) is 10.2. The lowest BCUT2D eigenvalue weighted by atomic mass is 10.2. The van der Waals surface area contributed by atoms with Gasteiger partial charge in [0, 0.05) is 6.54 Å². The maximum absolute atomic E-state index is 13.3. The van der Waals surface area contributed by atoms with Gasteiger partial charge in [0.15, 0.2) is 5.11 Å². The SMILES string of the molecule is Fc1cccc(F)c1/C=N/NC(=S)NCc1ccccc1. The second kappa shape index (κ2) is 7.44. The molecule has 2 aromatic rings. The topological polar surface area (TPSA) is 36.4 Å². The molecule has 0 aromatic heterocycles.